The molecule has 5 heteroatoms. The Labute approximate surface area is 122 Å². The highest BCUT2D eigenvalue weighted by Crippen LogP contribution is 2.29. The summed E-state index contributed by atoms with van der Waals surface area (Å²) in [5, 5.41) is 9.94. The molecule has 1 N–H and O–H groups in total. The Balaban J connectivity index is 2.35. The van der Waals surface area contributed by atoms with Crippen LogP contribution in [-0.2, 0) is 22.4 Å². The summed E-state index contributed by atoms with van der Waals surface area (Å²) in [5.41, 5.74) is 1.73. The standard InChI is InChI=1S/C15H17NO3S/c1-10(19-2)8-13-16-15(11-6-4-3-5-7-11)12(20-13)9-14(17)18/h3-7,10H,8-9H2,1-2H3,(H,17,18). The van der Waals surface area contributed by atoms with Crippen LogP contribution >= 0.6 is 11.3 Å². The van der Waals surface area contributed by atoms with Crippen LogP contribution < -0.4 is 0 Å². The van der Waals surface area contributed by atoms with E-state index in [2.05, 4.69) is 4.98 Å². The maximum Gasteiger partial charge on any atom is 0.308 e. The monoisotopic (exact) mass is 291 g/mol. The van der Waals surface area contributed by atoms with E-state index < -0.39 is 5.97 Å². The van der Waals surface area contributed by atoms with Gasteiger partial charge in [-0.25, -0.2) is 4.98 Å². The number of hydrogen-bond donors (Lipinski definition) is 1. The Morgan fingerprint density at radius 2 is 2.10 bits per heavy atom. The van der Waals surface area contributed by atoms with Gasteiger partial charge in [-0.15, -0.1) is 11.3 Å². The molecule has 1 heterocycles. The summed E-state index contributed by atoms with van der Waals surface area (Å²) in [6.07, 6.45) is 0.770. The lowest BCUT2D eigenvalue weighted by molar-refractivity contribution is -0.136. The lowest BCUT2D eigenvalue weighted by atomic mass is 10.1. The van der Waals surface area contributed by atoms with Crippen molar-refractivity contribution in [2.45, 2.75) is 25.9 Å². The lowest BCUT2D eigenvalue weighted by Crippen LogP contribution is -2.08. The average molecular weight is 291 g/mol. The van der Waals surface area contributed by atoms with Gasteiger partial charge in [0.05, 0.1) is 23.2 Å². The molecule has 0 saturated carbocycles. The van der Waals surface area contributed by atoms with Crippen molar-refractivity contribution in [3.63, 3.8) is 0 Å². The van der Waals surface area contributed by atoms with Gasteiger partial charge in [-0.3, -0.25) is 4.79 Å². The van der Waals surface area contributed by atoms with Gasteiger partial charge in [-0.1, -0.05) is 30.3 Å². The smallest absolute Gasteiger partial charge is 0.308 e. The number of benzene rings is 1. The van der Waals surface area contributed by atoms with Crippen molar-refractivity contribution in [3.05, 3.63) is 40.2 Å². The second kappa shape index (κ2) is 6.63. The third-order valence-corrected chi connectivity index (χ3v) is 4.04. The number of thiazole rings is 1. The van der Waals surface area contributed by atoms with Gasteiger partial charge in [-0.2, -0.15) is 0 Å². The molecular weight excluding hydrogens is 274 g/mol. The minimum Gasteiger partial charge on any atom is -0.481 e. The number of hydrogen-bond acceptors (Lipinski definition) is 4. The second-order valence-corrected chi connectivity index (χ2v) is 5.73. The summed E-state index contributed by atoms with van der Waals surface area (Å²) in [6.45, 7) is 1.97. The SMILES string of the molecule is COC(C)Cc1nc(-c2ccccc2)c(CC(=O)O)s1. The van der Waals surface area contributed by atoms with Gasteiger partial charge in [-0.05, 0) is 6.92 Å². The minimum atomic E-state index is -0.836. The molecule has 2 rings (SSSR count). The maximum atomic E-state index is 11.0. The number of ether oxygens (including phenoxy) is 1. The van der Waals surface area contributed by atoms with Crippen molar-refractivity contribution in [3.8, 4) is 11.3 Å². The highest BCUT2D eigenvalue weighted by Gasteiger charge is 2.16. The molecule has 0 fully saturated rings. The molecule has 2 aromatic rings. The molecule has 0 spiro atoms. The van der Waals surface area contributed by atoms with Crippen LogP contribution in [0.5, 0.6) is 0 Å². The Morgan fingerprint density at radius 1 is 1.40 bits per heavy atom. The van der Waals surface area contributed by atoms with E-state index in [0.29, 0.717) is 6.42 Å². The minimum absolute atomic E-state index is 0.00323. The van der Waals surface area contributed by atoms with Gasteiger partial charge in [0.1, 0.15) is 0 Å². The molecule has 0 saturated heterocycles. The first-order valence-electron chi connectivity index (χ1n) is 6.38. The van der Waals surface area contributed by atoms with Crippen molar-refractivity contribution in [1.82, 2.24) is 4.98 Å². The Hall–Kier alpha value is -1.72. The fraction of sp³-hybridized carbons (Fsp3) is 0.333. The molecule has 1 atom stereocenters. The van der Waals surface area contributed by atoms with Crippen LogP contribution in [-0.4, -0.2) is 29.3 Å². The summed E-state index contributed by atoms with van der Waals surface area (Å²) in [4.78, 5) is 16.4. The number of carboxylic acids is 1. The Morgan fingerprint density at radius 3 is 2.70 bits per heavy atom. The Kier molecular flexibility index (Phi) is 4.87. The van der Waals surface area contributed by atoms with Crippen molar-refractivity contribution in [2.75, 3.05) is 7.11 Å². The first-order chi connectivity index (χ1) is 9.60. The summed E-state index contributed by atoms with van der Waals surface area (Å²) < 4.78 is 5.24. The third kappa shape index (κ3) is 3.65. The molecule has 106 valence electrons. The quantitative estimate of drug-likeness (QED) is 0.888. The van der Waals surface area contributed by atoms with Gasteiger partial charge < -0.3 is 9.84 Å². The molecule has 0 aliphatic carbocycles. The van der Waals surface area contributed by atoms with Crippen LogP contribution in [0.1, 0.15) is 16.8 Å². The normalized spacial score (nSPS) is 12.3. The first-order valence-corrected chi connectivity index (χ1v) is 7.20. The van der Waals surface area contributed by atoms with E-state index in [4.69, 9.17) is 9.84 Å². The van der Waals surface area contributed by atoms with E-state index in [1.807, 2.05) is 37.3 Å². The number of carboxylic acid groups (broad SMARTS) is 1. The van der Waals surface area contributed by atoms with Crippen molar-refractivity contribution >= 4 is 17.3 Å². The molecule has 0 radical (unpaired) electrons. The van der Waals surface area contributed by atoms with Crippen molar-refractivity contribution in [2.24, 2.45) is 0 Å². The molecule has 0 amide bonds. The largest absolute Gasteiger partial charge is 0.481 e. The van der Waals surface area contributed by atoms with E-state index in [1.165, 1.54) is 11.3 Å². The van der Waals surface area contributed by atoms with Crippen LogP contribution in [0, 0.1) is 0 Å². The van der Waals surface area contributed by atoms with Gasteiger partial charge in [0.15, 0.2) is 0 Å². The van der Waals surface area contributed by atoms with Crippen LogP contribution in [0.3, 0.4) is 0 Å². The fourth-order valence-electron chi connectivity index (χ4n) is 1.90. The van der Waals surface area contributed by atoms with Crippen LogP contribution in [0.25, 0.3) is 11.3 Å². The van der Waals surface area contributed by atoms with E-state index in [0.717, 1.165) is 21.1 Å². The fourth-order valence-corrected chi connectivity index (χ4v) is 3.09. The van der Waals surface area contributed by atoms with Crippen molar-refractivity contribution < 1.29 is 14.6 Å². The zero-order valence-electron chi connectivity index (χ0n) is 11.5. The topological polar surface area (TPSA) is 59.4 Å². The van der Waals surface area contributed by atoms with Crippen LogP contribution in [0.4, 0.5) is 0 Å². The van der Waals surface area contributed by atoms with Gasteiger partial charge in [0.25, 0.3) is 0 Å². The number of methoxy groups -OCH3 is 1. The third-order valence-electron chi connectivity index (χ3n) is 2.97. The highest BCUT2D eigenvalue weighted by atomic mass is 32.1. The molecule has 0 bridgehead atoms. The zero-order valence-corrected chi connectivity index (χ0v) is 12.3. The van der Waals surface area contributed by atoms with Crippen LogP contribution in [0.15, 0.2) is 30.3 Å². The number of carbonyl (C=O) groups is 1. The molecule has 20 heavy (non-hydrogen) atoms. The molecule has 0 aliphatic rings. The average Bonchev–Trinajstić information content (AvgIpc) is 2.81. The molecular formula is C15H17NO3S. The predicted octanol–water partition coefficient (Wildman–Crippen LogP) is 3.01. The second-order valence-electron chi connectivity index (χ2n) is 4.57. The molecule has 1 unspecified atom stereocenters. The lowest BCUT2D eigenvalue weighted by Gasteiger charge is -2.05. The van der Waals surface area contributed by atoms with Crippen LogP contribution in [0.2, 0.25) is 0 Å². The summed E-state index contributed by atoms with van der Waals surface area (Å²) in [5.74, 6) is -0.836. The number of aliphatic carboxylic acids is 1. The van der Waals surface area contributed by atoms with Crippen molar-refractivity contribution in [1.29, 1.82) is 0 Å². The highest BCUT2D eigenvalue weighted by molar-refractivity contribution is 7.12. The maximum absolute atomic E-state index is 11.0. The molecule has 4 nitrogen and oxygen atoms in total. The molecule has 0 aliphatic heterocycles. The number of nitrogens with zero attached hydrogens (tertiary/aromatic N) is 1. The zero-order chi connectivity index (χ0) is 14.5. The molecule has 1 aromatic heterocycles. The van der Waals surface area contributed by atoms with Gasteiger partial charge >= 0.3 is 5.97 Å². The summed E-state index contributed by atoms with van der Waals surface area (Å²) in [6, 6.07) is 9.68. The van der Waals surface area contributed by atoms with E-state index >= 15 is 0 Å². The number of aromatic nitrogens is 1. The van der Waals surface area contributed by atoms with E-state index in [1.54, 1.807) is 7.11 Å². The Bertz CT molecular complexity index is 580. The predicted molar refractivity (Wildman–Crippen MR) is 79.1 cm³/mol. The summed E-state index contributed by atoms with van der Waals surface area (Å²) >= 11 is 1.45. The first kappa shape index (κ1) is 14.7. The van der Waals surface area contributed by atoms with E-state index in [-0.39, 0.29) is 12.5 Å². The van der Waals surface area contributed by atoms with Gasteiger partial charge in [0.2, 0.25) is 0 Å². The van der Waals surface area contributed by atoms with Gasteiger partial charge in [0, 0.05) is 24.0 Å². The van der Waals surface area contributed by atoms with E-state index in [9.17, 15) is 4.79 Å². The summed E-state index contributed by atoms with van der Waals surface area (Å²) in [7, 11) is 1.66. The molecule has 1 aromatic carbocycles. The number of rotatable bonds is 6.